The van der Waals surface area contributed by atoms with Crippen LogP contribution in [0.2, 0.25) is 0 Å². The molecular formula is C27H32F2N4O3. The van der Waals surface area contributed by atoms with Gasteiger partial charge in [-0.25, -0.2) is 18.7 Å². The summed E-state index contributed by atoms with van der Waals surface area (Å²) in [5, 5.41) is 3.71. The maximum Gasteiger partial charge on any atom is 0.199 e. The van der Waals surface area contributed by atoms with E-state index < -0.39 is 5.82 Å². The lowest BCUT2D eigenvalue weighted by Crippen LogP contribution is -2.28. The lowest BCUT2D eigenvalue weighted by molar-refractivity contribution is -0.124. The lowest BCUT2D eigenvalue weighted by Gasteiger charge is -2.28. The topological polar surface area (TPSA) is 99.4 Å². The number of halogens is 2. The van der Waals surface area contributed by atoms with Crippen molar-refractivity contribution in [2.75, 3.05) is 26.5 Å². The molecule has 0 aliphatic heterocycles. The number of nitrogens with one attached hydrogen (secondary N) is 1. The van der Waals surface area contributed by atoms with Gasteiger partial charge in [-0.3, -0.25) is 4.79 Å². The second-order valence-corrected chi connectivity index (χ2v) is 9.17. The summed E-state index contributed by atoms with van der Waals surface area (Å²) in [5.74, 6) is 0.0201. The Bertz CT molecular complexity index is 1230. The van der Waals surface area contributed by atoms with Gasteiger partial charge in [-0.2, -0.15) is 0 Å². The quantitative estimate of drug-likeness (QED) is 0.424. The van der Waals surface area contributed by atoms with Gasteiger partial charge in [0.15, 0.2) is 17.3 Å². The van der Waals surface area contributed by atoms with Crippen LogP contribution in [0.4, 0.5) is 14.6 Å². The largest absolute Gasteiger partial charge is 0.493 e. The summed E-state index contributed by atoms with van der Waals surface area (Å²) in [4.78, 5) is 22.1. The third-order valence-electron chi connectivity index (χ3n) is 7.00. The van der Waals surface area contributed by atoms with E-state index >= 15 is 4.39 Å². The van der Waals surface area contributed by atoms with Crippen LogP contribution in [0.25, 0.3) is 10.9 Å². The fourth-order valence-electron chi connectivity index (χ4n) is 5.04. The molecule has 3 N–H and O–H groups in total. The van der Waals surface area contributed by atoms with Crippen LogP contribution in [-0.2, 0) is 4.79 Å². The minimum absolute atomic E-state index is 0.0186. The molecule has 192 valence electrons. The van der Waals surface area contributed by atoms with Gasteiger partial charge >= 0.3 is 0 Å². The standard InChI is InChI=1S/C27H32F2N4O3/c1-4-31-20(15-9-11-18(28)12-10-15)14-21(34)16-5-7-17(8-6-16)27-32-24-19(26(30)33-27)13-22(35-2)25(36-3)23(24)29/h9-13,16-17,20,31H,4-8,14H2,1-3H3,(H2,30,32,33)/t16-,17-,20-/m1/s1. The van der Waals surface area contributed by atoms with Crippen LogP contribution in [0.5, 0.6) is 11.5 Å². The van der Waals surface area contributed by atoms with Gasteiger partial charge < -0.3 is 20.5 Å². The number of ether oxygens (including phenoxy) is 2. The molecule has 0 radical (unpaired) electrons. The van der Waals surface area contributed by atoms with Crippen LogP contribution in [0.3, 0.4) is 0 Å². The third-order valence-corrected chi connectivity index (χ3v) is 7.00. The maximum atomic E-state index is 15.1. The molecule has 1 aliphatic rings. The number of anilines is 1. The Labute approximate surface area is 209 Å². The fraction of sp³-hybridized carbons (Fsp3) is 0.444. The SMILES string of the molecule is CCN[C@H](CC(=O)[C@H]1CC[C@H](c2nc(N)c3cc(OC)c(OC)c(F)c3n2)CC1)c1ccc(F)cc1. The second-order valence-electron chi connectivity index (χ2n) is 9.17. The lowest BCUT2D eigenvalue weighted by atomic mass is 9.78. The first-order chi connectivity index (χ1) is 17.4. The normalized spacial score (nSPS) is 18.7. The molecule has 2 aromatic carbocycles. The Kier molecular flexibility index (Phi) is 7.98. The van der Waals surface area contributed by atoms with E-state index in [4.69, 9.17) is 15.2 Å². The number of nitrogens with two attached hydrogens (primary N) is 1. The minimum Gasteiger partial charge on any atom is -0.493 e. The van der Waals surface area contributed by atoms with Crippen molar-refractivity contribution in [3.05, 3.63) is 53.4 Å². The van der Waals surface area contributed by atoms with Gasteiger partial charge in [-0.15, -0.1) is 0 Å². The summed E-state index contributed by atoms with van der Waals surface area (Å²) in [6.45, 7) is 2.69. The molecule has 0 unspecified atom stereocenters. The van der Waals surface area contributed by atoms with E-state index in [1.54, 1.807) is 18.2 Å². The molecule has 0 amide bonds. The number of benzene rings is 2. The van der Waals surface area contributed by atoms with Crippen molar-refractivity contribution in [1.82, 2.24) is 15.3 Å². The fourth-order valence-corrected chi connectivity index (χ4v) is 5.04. The van der Waals surface area contributed by atoms with Gasteiger partial charge in [0.05, 0.1) is 14.2 Å². The van der Waals surface area contributed by atoms with E-state index in [0.29, 0.717) is 49.9 Å². The number of nitrogens with zero attached hydrogens (tertiary/aromatic N) is 2. The first-order valence-corrected chi connectivity index (χ1v) is 12.2. The van der Waals surface area contributed by atoms with Gasteiger partial charge in [0.25, 0.3) is 0 Å². The Hall–Kier alpha value is -3.33. The molecule has 3 aromatic rings. The number of ketones is 1. The summed E-state index contributed by atoms with van der Waals surface area (Å²) >= 11 is 0. The van der Waals surface area contributed by atoms with E-state index in [9.17, 15) is 9.18 Å². The van der Waals surface area contributed by atoms with Crippen LogP contribution < -0.4 is 20.5 Å². The van der Waals surface area contributed by atoms with Gasteiger partial charge in [0, 0.05) is 29.7 Å². The number of aromatic nitrogens is 2. The van der Waals surface area contributed by atoms with Crippen LogP contribution in [0.15, 0.2) is 30.3 Å². The highest BCUT2D eigenvalue weighted by atomic mass is 19.1. The van der Waals surface area contributed by atoms with Crippen LogP contribution in [-0.4, -0.2) is 36.5 Å². The maximum absolute atomic E-state index is 15.1. The average molecular weight is 499 g/mol. The van der Waals surface area contributed by atoms with Crippen LogP contribution >= 0.6 is 0 Å². The highest BCUT2D eigenvalue weighted by molar-refractivity contribution is 5.91. The van der Waals surface area contributed by atoms with Gasteiger partial charge in [-0.05, 0) is 56.0 Å². The highest BCUT2D eigenvalue weighted by Crippen LogP contribution is 2.40. The zero-order valence-electron chi connectivity index (χ0n) is 20.8. The molecule has 0 spiro atoms. The summed E-state index contributed by atoms with van der Waals surface area (Å²) in [6.07, 6.45) is 3.15. The molecule has 1 saturated carbocycles. The molecule has 1 atom stereocenters. The van der Waals surface area contributed by atoms with Crippen molar-refractivity contribution in [1.29, 1.82) is 0 Å². The molecule has 0 saturated heterocycles. The number of hydrogen-bond donors (Lipinski definition) is 2. The third kappa shape index (κ3) is 5.26. The Morgan fingerprint density at radius 3 is 2.42 bits per heavy atom. The first-order valence-electron chi connectivity index (χ1n) is 12.2. The first kappa shape index (κ1) is 25.8. The molecule has 7 nitrogen and oxygen atoms in total. The van der Waals surface area contributed by atoms with Gasteiger partial charge in [-0.1, -0.05) is 19.1 Å². The molecule has 0 bridgehead atoms. The van der Waals surface area contributed by atoms with Gasteiger partial charge in [0.2, 0.25) is 0 Å². The van der Waals surface area contributed by atoms with E-state index in [1.807, 2.05) is 6.92 Å². The number of rotatable bonds is 9. The Morgan fingerprint density at radius 1 is 1.11 bits per heavy atom. The van der Waals surface area contributed by atoms with E-state index in [-0.39, 0.29) is 52.3 Å². The predicted octanol–water partition coefficient (Wildman–Crippen LogP) is 5.09. The van der Waals surface area contributed by atoms with Crippen molar-refractivity contribution >= 4 is 22.5 Å². The number of Topliss-reactive ketones (excluding diaryl/α,β-unsaturated/α-hetero) is 1. The van der Waals surface area contributed by atoms with Gasteiger partial charge in [0.1, 0.15) is 28.8 Å². The molecule has 9 heteroatoms. The summed E-state index contributed by atoms with van der Waals surface area (Å²) < 4.78 is 38.8. The molecule has 1 heterocycles. The van der Waals surface area contributed by atoms with Crippen molar-refractivity contribution in [3.8, 4) is 11.5 Å². The van der Waals surface area contributed by atoms with E-state index in [2.05, 4.69) is 15.3 Å². The van der Waals surface area contributed by atoms with E-state index in [1.165, 1.54) is 26.4 Å². The Morgan fingerprint density at radius 2 is 1.81 bits per heavy atom. The molecular weight excluding hydrogens is 466 g/mol. The predicted molar refractivity (Wildman–Crippen MR) is 134 cm³/mol. The molecule has 4 rings (SSSR count). The molecule has 36 heavy (non-hydrogen) atoms. The number of carbonyl (C=O) groups is 1. The zero-order valence-corrected chi connectivity index (χ0v) is 20.8. The monoisotopic (exact) mass is 498 g/mol. The zero-order chi connectivity index (χ0) is 25.8. The average Bonchev–Trinajstić information content (AvgIpc) is 2.89. The van der Waals surface area contributed by atoms with Crippen molar-refractivity contribution in [2.24, 2.45) is 5.92 Å². The van der Waals surface area contributed by atoms with Crippen molar-refractivity contribution in [3.63, 3.8) is 0 Å². The summed E-state index contributed by atoms with van der Waals surface area (Å²) in [7, 11) is 2.79. The second kappa shape index (κ2) is 11.2. The number of fused-ring (bicyclic) bond motifs is 1. The number of carbonyl (C=O) groups excluding carboxylic acids is 1. The smallest absolute Gasteiger partial charge is 0.199 e. The molecule has 1 aliphatic carbocycles. The Balaban J connectivity index is 1.47. The summed E-state index contributed by atoms with van der Waals surface area (Å²) in [5.41, 5.74) is 7.17. The highest BCUT2D eigenvalue weighted by Gasteiger charge is 2.31. The van der Waals surface area contributed by atoms with Crippen LogP contribution in [0.1, 0.15) is 62.4 Å². The summed E-state index contributed by atoms with van der Waals surface area (Å²) in [6, 6.07) is 7.70. The molecule has 1 fully saturated rings. The number of hydrogen-bond acceptors (Lipinski definition) is 7. The number of methoxy groups -OCH3 is 2. The number of nitrogen functional groups attached to an aromatic ring is 1. The minimum atomic E-state index is -0.638. The van der Waals surface area contributed by atoms with E-state index in [0.717, 1.165) is 5.56 Å². The van der Waals surface area contributed by atoms with Crippen molar-refractivity contribution < 1.29 is 23.0 Å². The molecule has 1 aromatic heterocycles. The van der Waals surface area contributed by atoms with Crippen molar-refractivity contribution in [2.45, 2.75) is 51.0 Å². The van der Waals surface area contributed by atoms with Crippen LogP contribution in [0, 0.1) is 17.6 Å².